The standard InChI is InChI=1S/C16H20B7N5O2/c1-6-8(17)13(18,19)16(23,15(21,22)14(6,20)30)27-10-7(9(24)29)5-25-11(26-10)28-12(2,3)4/h5-6,8,30H,1-4H3,(H2,24,29)(H2,25,26,27,28). The van der Waals surface area contributed by atoms with Gasteiger partial charge < -0.3 is 21.5 Å². The maximum atomic E-state index is 11.9. The summed E-state index contributed by atoms with van der Waals surface area (Å²) in [5.74, 6) is -3.02. The van der Waals surface area contributed by atoms with Crippen molar-refractivity contribution in [2.24, 2.45) is 11.7 Å². The number of carbonyl (C=O) groups is 1. The minimum absolute atomic E-state index is 0.134. The number of aliphatic hydroxyl groups is 1. The Morgan fingerprint density at radius 3 is 2.20 bits per heavy atom. The van der Waals surface area contributed by atoms with E-state index in [1.807, 2.05) is 20.8 Å². The molecular formula is C16H20B7N5O2. The summed E-state index contributed by atoms with van der Waals surface area (Å²) in [5.41, 5.74) is 0.307. The molecule has 30 heavy (non-hydrogen) atoms. The lowest BCUT2D eigenvalue weighted by atomic mass is 9.14. The highest BCUT2D eigenvalue weighted by Crippen LogP contribution is 2.65. The molecule has 4 unspecified atom stereocenters. The molecule has 1 aliphatic carbocycles. The molecule has 7 nitrogen and oxygen atoms in total. The number of carbonyl (C=O) groups excluding carboxylic acids is 1. The van der Waals surface area contributed by atoms with E-state index in [9.17, 15) is 9.90 Å². The smallest absolute Gasteiger partial charge is 0.254 e. The number of nitrogens with zero attached hydrogens (tertiary/aromatic N) is 2. The second-order valence-electron chi connectivity index (χ2n) is 9.07. The molecule has 0 saturated heterocycles. The second-order valence-corrected chi connectivity index (χ2v) is 9.07. The van der Waals surface area contributed by atoms with Crippen LogP contribution in [0.15, 0.2) is 6.20 Å². The van der Waals surface area contributed by atoms with Crippen LogP contribution in [0, 0.1) is 5.92 Å². The van der Waals surface area contributed by atoms with Crippen molar-refractivity contribution in [3.05, 3.63) is 11.8 Å². The molecule has 4 atom stereocenters. The van der Waals surface area contributed by atoms with Crippen LogP contribution in [0.4, 0.5) is 11.8 Å². The summed E-state index contributed by atoms with van der Waals surface area (Å²) in [6.45, 7) is 7.11. The highest BCUT2D eigenvalue weighted by Gasteiger charge is 2.64. The lowest BCUT2D eigenvalue weighted by Crippen LogP contribution is -2.74. The number of rotatable bonds is 4. The molecule has 5 N–H and O–H groups in total. The summed E-state index contributed by atoms with van der Waals surface area (Å²) in [6.07, 6.45) is 1.18. The average Bonchev–Trinajstić information content (AvgIpc) is 2.57. The van der Waals surface area contributed by atoms with Gasteiger partial charge in [0.2, 0.25) is 5.95 Å². The fourth-order valence-electron chi connectivity index (χ4n) is 3.45. The number of amides is 1. The van der Waals surface area contributed by atoms with Gasteiger partial charge in [0, 0.05) is 17.2 Å². The summed E-state index contributed by atoms with van der Waals surface area (Å²) in [4.78, 5) is 20.3. The van der Waals surface area contributed by atoms with Gasteiger partial charge in [-0.15, -0.1) is 0 Å². The molecule has 1 amide bonds. The molecular weight excluding hydrogens is 370 g/mol. The third-order valence-corrected chi connectivity index (χ3v) is 5.64. The van der Waals surface area contributed by atoms with Crippen LogP contribution in [0.3, 0.4) is 0 Å². The topological polar surface area (TPSA) is 113 Å². The Morgan fingerprint density at radius 2 is 1.73 bits per heavy atom. The highest BCUT2D eigenvalue weighted by atomic mass is 16.3. The predicted octanol–water partition coefficient (Wildman–Crippen LogP) is -1.57. The van der Waals surface area contributed by atoms with Gasteiger partial charge in [0.15, 0.2) is 0 Å². The minimum Gasteiger partial charge on any atom is -0.400 e. The minimum atomic E-state index is -2.34. The number of aromatic nitrogens is 2. The molecule has 14 radical (unpaired) electrons. The van der Waals surface area contributed by atoms with E-state index in [1.54, 1.807) is 0 Å². The molecule has 0 aromatic carbocycles. The number of primary amides is 1. The van der Waals surface area contributed by atoms with Crippen LogP contribution in [0.2, 0.25) is 16.2 Å². The van der Waals surface area contributed by atoms with Crippen molar-refractivity contribution in [1.29, 1.82) is 0 Å². The highest BCUT2D eigenvalue weighted by molar-refractivity contribution is 6.57. The van der Waals surface area contributed by atoms with Crippen LogP contribution in [0.5, 0.6) is 0 Å². The summed E-state index contributed by atoms with van der Waals surface area (Å²) < 4.78 is 0. The summed E-state index contributed by atoms with van der Waals surface area (Å²) in [5, 5.41) is 12.2. The quantitative estimate of drug-likeness (QED) is 0.463. The van der Waals surface area contributed by atoms with E-state index >= 15 is 0 Å². The van der Waals surface area contributed by atoms with Gasteiger partial charge in [-0.2, -0.15) is 4.98 Å². The van der Waals surface area contributed by atoms with Crippen LogP contribution in [-0.2, 0) is 0 Å². The zero-order valence-electron chi connectivity index (χ0n) is 17.6. The number of nitrogens with one attached hydrogen (secondary N) is 2. The van der Waals surface area contributed by atoms with Gasteiger partial charge in [-0.3, -0.25) is 4.79 Å². The molecule has 1 saturated carbocycles. The first-order chi connectivity index (χ1) is 13.3. The van der Waals surface area contributed by atoms with E-state index < -0.39 is 44.5 Å². The van der Waals surface area contributed by atoms with Gasteiger partial charge in [0.25, 0.3) is 5.91 Å². The molecule has 1 fully saturated rings. The number of anilines is 2. The van der Waals surface area contributed by atoms with Gasteiger partial charge >= 0.3 is 0 Å². The van der Waals surface area contributed by atoms with Gasteiger partial charge in [0.1, 0.15) is 21.5 Å². The van der Waals surface area contributed by atoms with Crippen LogP contribution in [-0.4, -0.2) is 92.4 Å². The molecule has 14 heteroatoms. The molecule has 1 aliphatic rings. The third-order valence-electron chi connectivity index (χ3n) is 5.64. The van der Waals surface area contributed by atoms with Gasteiger partial charge in [-0.25, -0.2) is 4.98 Å². The Kier molecular flexibility index (Phi) is 6.06. The Hall–Kier alpha value is -1.44. The Morgan fingerprint density at radius 1 is 1.20 bits per heavy atom. The number of nitrogens with two attached hydrogens (primary N) is 1. The van der Waals surface area contributed by atoms with E-state index in [2.05, 4.69) is 20.6 Å². The first-order valence-corrected chi connectivity index (χ1v) is 9.24. The monoisotopic (exact) mass is 391 g/mol. The summed E-state index contributed by atoms with van der Waals surface area (Å²) in [6, 6.07) is 0. The molecule has 2 rings (SSSR count). The van der Waals surface area contributed by atoms with Crippen molar-refractivity contribution in [1.82, 2.24) is 9.97 Å². The first kappa shape index (κ1) is 24.8. The summed E-state index contributed by atoms with van der Waals surface area (Å²) in [7, 11) is 43.5. The van der Waals surface area contributed by atoms with Crippen molar-refractivity contribution in [2.45, 2.75) is 60.4 Å². The molecule has 1 heterocycles. The fourth-order valence-corrected chi connectivity index (χ4v) is 3.45. The molecule has 1 aromatic heterocycles. The average molecular weight is 390 g/mol. The molecule has 1 aromatic rings. The maximum absolute atomic E-state index is 11.9. The Balaban J connectivity index is 2.68. The SMILES string of the molecule is [B]C1C(C)C([B])(O)C([B])([B])C([B])(Nc2nc(NC(C)(C)C)ncc2C(N)=O)C1([B])[B]. The predicted molar refractivity (Wildman–Crippen MR) is 124 cm³/mol. The van der Waals surface area contributed by atoms with Crippen LogP contribution in [0.25, 0.3) is 0 Å². The lowest BCUT2D eigenvalue weighted by molar-refractivity contribution is 0.00614. The Labute approximate surface area is 187 Å². The largest absolute Gasteiger partial charge is 0.400 e. The van der Waals surface area contributed by atoms with Gasteiger partial charge in [0.05, 0.1) is 44.8 Å². The van der Waals surface area contributed by atoms with Crippen LogP contribution >= 0.6 is 0 Å². The molecule has 0 spiro atoms. The lowest BCUT2D eigenvalue weighted by Gasteiger charge is -2.71. The van der Waals surface area contributed by atoms with Crippen molar-refractivity contribution in [3.8, 4) is 0 Å². The first-order valence-electron chi connectivity index (χ1n) is 9.24. The summed E-state index contributed by atoms with van der Waals surface area (Å²) >= 11 is 0. The van der Waals surface area contributed by atoms with Crippen molar-refractivity contribution in [2.75, 3.05) is 10.6 Å². The van der Waals surface area contributed by atoms with E-state index in [0.29, 0.717) is 0 Å². The van der Waals surface area contributed by atoms with Crippen LogP contribution in [0.1, 0.15) is 38.1 Å². The normalized spacial score (nSPS) is 32.8. The molecule has 0 aliphatic heterocycles. The maximum Gasteiger partial charge on any atom is 0.254 e. The van der Waals surface area contributed by atoms with E-state index in [4.69, 9.17) is 60.7 Å². The van der Waals surface area contributed by atoms with Crippen molar-refractivity contribution >= 4 is 72.6 Å². The second kappa shape index (κ2) is 7.32. The van der Waals surface area contributed by atoms with E-state index in [1.165, 1.54) is 13.1 Å². The van der Waals surface area contributed by atoms with E-state index in [0.717, 1.165) is 0 Å². The Bertz CT molecular complexity index is 846. The van der Waals surface area contributed by atoms with Crippen molar-refractivity contribution in [3.63, 3.8) is 0 Å². The molecule has 0 bridgehead atoms. The number of hydrogen-bond donors (Lipinski definition) is 4. The van der Waals surface area contributed by atoms with Crippen LogP contribution < -0.4 is 16.4 Å². The molecule has 142 valence electrons. The zero-order valence-corrected chi connectivity index (χ0v) is 17.6. The number of hydrogen-bond acceptors (Lipinski definition) is 6. The van der Waals surface area contributed by atoms with Gasteiger partial charge in [-0.05, 0) is 32.1 Å². The van der Waals surface area contributed by atoms with Gasteiger partial charge in [-0.1, -0.05) is 23.2 Å². The third kappa shape index (κ3) is 3.69. The fraction of sp³-hybridized carbons (Fsp3) is 0.688. The van der Waals surface area contributed by atoms with Crippen molar-refractivity contribution < 1.29 is 9.90 Å². The zero-order chi connectivity index (χ0) is 23.5. The van der Waals surface area contributed by atoms with E-state index in [-0.39, 0.29) is 17.3 Å².